The number of benzene rings is 1. The SMILES string of the molecule is Clc1ccc(CNCCCCCCBr)cc1Cl. The number of rotatable bonds is 8. The lowest BCUT2D eigenvalue weighted by atomic mass is 10.2. The standard InChI is InChI=1S/C13H18BrCl2N/c14-7-3-1-2-4-8-17-10-11-5-6-12(15)13(16)9-11/h5-6,9,17H,1-4,7-8,10H2. The average Bonchev–Trinajstić information content (AvgIpc) is 2.32. The molecule has 0 bridgehead atoms. The van der Waals surface area contributed by atoms with Crippen LogP contribution in [0.2, 0.25) is 10.0 Å². The Morgan fingerprint density at radius 1 is 1.00 bits per heavy atom. The molecule has 1 aromatic rings. The largest absolute Gasteiger partial charge is 0.313 e. The minimum absolute atomic E-state index is 0.616. The molecule has 0 radical (unpaired) electrons. The maximum Gasteiger partial charge on any atom is 0.0595 e. The smallest absolute Gasteiger partial charge is 0.0595 e. The summed E-state index contributed by atoms with van der Waals surface area (Å²) in [5.41, 5.74) is 1.18. The van der Waals surface area contributed by atoms with Gasteiger partial charge < -0.3 is 5.32 Å². The molecule has 1 nitrogen and oxygen atoms in total. The fourth-order valence-electron chi connectivity index (χ4n) is 1.58. The third-order valence-electron chi connectivity index (χ3n) is 2.55. The highest BCUT2D eigenvalue weighted by atomic mass is 79.9. The van der Waals surface area contributed by atoms with Gasteiger partial charge in [0.2, 0.25) is 0 Å². The zero-order valence-electron chi connectivity index (χ0n) is 9.82. The van der Waals surface area contributed by atoms with Crippen LogP contribution < -0.4 is 5.32 Å². The molecule has 96 valence electrons. The number of hydrogen-bond donors (Lipinski definition) is 1. The number of nitrogens with one attached hydrogen (secondary N) is 1. The summed E-state index contributed by atoms with van der Waals surface area (Å²) in [5.74, 6) is 0. The minimum Gasteiger partial charge on any atom is -0.313 e. The summed E-state index contributed by atoms with van der Waals surface area (Å²) < 4.78 is 0. The molecular formula is C13H18BrCl2N. The highest BCUT2D eigenvalue weighted by Crippen LogP contribution is 2.22. The molecule has 0 aliphatic carbocycles. The van der Waals surface area contributed by atoms with E-state index in [0.717, 1.165) is 18.4 Å². The first-order valence-corrected chi connectivity index (χ1v) is 7.82. The monoisotopic (exact) mass is 337 g/mol. The zero-order valence-corrected chi connectivity index (χ0v) is 12.9. The third-order valence-corrected chi connectivity index (χ3v) is 3.85. The van der Waals surface area contributed by atoms with Gasteiger partial charge in [-0.3, -0.25) is 0 Å². The van der Waals surface area contributed by atoms with Crippen LogP contribution in [0, 0.1) is 0 Å². The van der Waals surface area contributed by atoms with Crippen LogP contribution in [0.15, 0.2) is 18.2 Å². The molecule has 1 N–H and O–H groups in total. The Morgan fingerprint density at radius 2 is 1.76 bits per heavy atom. The van der Waals surface area contributed by atoms with Crippen molar-refractivity contribution < 1.29 is 0 Å². The van der Waals surface area contributed by atoms with Gasteiger partial charge >= 0.3 is 0 Å². The molecule has 0 fully saturated rings. The molecule has 0 atom stereocenters. The molecule has 17 heavy (non-hydrogen) atoms. The second-order valence-corrected chi connectivity index (χ2v) is 5.64. The molecule has 1 rings (SSSR count). The Morgan fingerprint density at radius 3 is 2.47 bits per heavy atom. The fourth-order valence-corrected chi connectivity index (χ4v) is 2.30. The normalized spacial score (nSPS) is 10.8. The van der Waals surface area contributed by atoms with Gasteiger partial charge in [-0.1, -0.05) is 58.0 Å². The van der Waals surface area contributed by atoms with Gasteiger partial charge in [-0.2, -0.15) is 0 Å². The molecule has 0 aliphatic heterocycles. The maximum atomic E-state index is 5.95. The fraction of sp³-hybridized carbons (Fsp3) is 0.538. The van der Waals surface area contributed by atoms with Crippen LogP contribution in [0.5, 0.6) is 0 Å². The van der Waals surface area contributed by atoms with Crippen molar-refractivity contribution in [2.45, 2.75) is 32.2 Å². The van der Waals surface area contributed by atoms with Gasteiger partial charge in [-0.15, -0.1) is 0 Å². The van der Waals surface area contributed by atoms with Crippen molar-refractivity contribution in [3.8, 4) is 0 Å². The summed E-state index contributed by atoms with van der Waals surface area (Å²) in [6.45, 7) is 1.91. The Labute approximate surface area is 122 Å². The molecule has 0 aliphatic rings. The lowest BCUT2D eigenvalue weighted by Gasteiger charge is -2.06. The van der Waals surface area contributed by atoms with E-state index in [1.54, 1.807) is 0 Å². The van der Waals surface area contributed by atoms with Gasteiger partial charge in [0.1, 0.15) is 0 Å². The molecule has 0 heterocycles. The van der Waals surface area contributed by atoms with E-state index in [0.29, 0.717) is 10.0 Å². The van der Waals surface area contributed by atoms with Gasteiger partial charge in [0.05, 0.1) is 10.0 Å². The van der Waals surface area contributed by atoms with Crippen LogP contribution in [-0.4, -0.2) is 11.9 Å². The molecule has 0 amide bonds. The Kier molecular flexibility index (Phi) is 8.29. The van der Waals surface area contributed by atoms with Crippen molar-refractivity contribution in [2.24, 2.45) is 0 Å². The van der Waals surface area contributed by atoms with Crippen molar-refractivity contribution in [1.82, 2.24) is 5.32 Å². The number of alkyl halides is 1. The Bertz CT molecular complexity index is 331. The predicted molar refractivity (Wildman–Crippen MR) is 80.4 cm³/mol. The quantitative estimate of drug-likeness (QED) is 0.517. The number of unbranched alkanes of at least 4 members (excludes halogenated alkanes) is 3. The van der Waals surface area contributed by atoms with Crippen molar-refractivity contribution in [3.05, 3.63) is 33.8 Å². The molecule has 0 saturated carbocycles. The van der Waals surface area contributed by atoms with Gasteiger partial charge in [-0.05, 0) is 37.1 Å². The van der Waals surface area contributed by atoms with E-state index in [-0.39, 0.29) is 0 Å². The zero-order chi connectivity index (χ0) is 12.5. The highest BCUT2D eigenvalue weighted by molar-refractivity contribution is 9.09. The van der Waals surface area contributed by atoms with E-state index in [1.807, 2.05) is 18.2 Å². The summed E-state index contributed by atoms with van der Waals surface area (Å²) in [7, 11) is 0. The van der Waals surface area contributed by atoms with E-state index in [2.05, 4.69) is 21.2 Å². The first kappa shape index (κ1) is 15.3. The van der Waals surface area contributed by atoms with Crippen LogP contribution in [0.1, 0.15) is 31.2 Å². The predicted octanol–water partition coefficient (Wildman–Crippen LogP) is 5.04. The van der Waals surface area contributed by atoms with Crippen LogP contribution in [-0.2, 0) is 6.54 Å². The van der Waals surface area contributed by atoms with E-state index < -0.39 is 0 Å². The van der Waals surface area contributed by atoms with E-state index >= 15 is 0 Å². The van der Waals surface area contributed by atoms with Gasteiger partial charge in [-0.25, -0.2) is 0 Å². The van der Waals surface area contributed by atoms with Crippen LogP contribution in [0.25, 0.3) is 0 Å². The van der Waals surface area contributed by atoms with Crippen LogP contribution >= 0.6 is 39.1 Å². The summed E-state index contributed by atoms with van der Waals surface area (Å²) in [5, 5.41) is 5.77. The minimum atomic E-state index is 0.616. The third kappa shape index (κ3) is 6.66. The molecule has 4 heteroatoms. The molecular weight excluding hydrogens is 321 g/mol. The van der Waals surface area contributed by atoms with Crippen molar-refractivity contribution in [2.75, 3.05) is 11.9 Å². The average molecular weight is 339 g/mol. The van der Waals surface area contributed by atoms with Gasteiger partial charge in [0, 0.05) is 11.9 Å². The highest BCUT2D eigenvalue weighted by Gasteiger charge is 1.98. The van der Waals surface area contributed by atoms with E-state index in [9.17, 15) is 0 Å². The summed E-state index contributed by atoms with van der Waals surface area (Å²) in [6.07, 6.45) is 5.10. The summed E-state index contributed by atoms with van der Waals surface area (Å²) in [6, 6.07) is 5.77. The van der Waals surface area contributed by atoms with Crippen LogP contribution in [0.4, 0.5) is 0 Å². The summed E-state index contributed by atoms with van der Waals surface area (Å²) >= 11 is 15.2. The van der Waals surface area contributed by atoms with Crippen molar-refractivity contribution in [3.63, 3.8) is 0 Å². The van der Waals surface area contributed by atoms with Crippen LogP contribution in [0.3, 0.4) is 0 Å². The maximum absolute atomic E-state index is 5.95. The van der Waals surface area contributed by atoms with Gasteiger partial charge in [0.15, 0.2) is 0 Å². The summed E-state index contributed by atoms with van der Waals surface area (Å²) in [4.78, 5) is 0. The Balaban J connectivity index is 2.11. The molecule has 0 saturated heterocycles. The second-order valence-electron chi connectivity index (χ2n) is 4.03. The molecule has 0 aromatic heterocycles. The number of hydrogen-bond acceptors (Lipinski definition) is 1. The van der Waals surface area contributed by atoms with Crippen molar-refractivity contribution in [1.29, 1.82) is 0 Å². The van der Waals surface area contributed by atoms with E-state index in [4.69, 9.17) is 23.2 Å². The number of halogens is 3. The second kappa shape index (κ2) is 9.21. The molecule has 0 spiro atoms. The van der Waals surface area contributed by atoms with Gasteiger partial charge in [0.25, 0.3) is 0 Å². The lowest BCUT2D eigenvalue weighted by Crippen LogP contribution is -2.14. The molecule has 0 unspecified atom stereocenters. The first-order valence-electron chi connectivity index (χ1n) is 5.94. The Hall–Kier alpha value is 0.240. The lowest BCUT2D eigenvalue weighted by molar-refractivity contribution is 0.600. The van der Waals surface area contributed by atoms with E-state index in [1.165, 1.54) is 31.2 Å². The topological polar surface area (TPSA) is 12.0 Å². The first-order chi connectivity index (χ1) is 8.24. The van der Waals surface area contributed by atoms with Crippen molar-refractivity contribution >= 4 is 39.1 Å². The molecule has 1 aromatic carbocycles.